The van der Waals surface area contributed by atoms with E-state index in [-0.39, 0.29) is 0 Å². The lowest BCUT2D eigenvalue weighted by atomic mass is 9.97. The average Bonchev–Trinajstić information content (AvgIpc) is 3.07. The van der Waals surface area contributed by atoms with Gasteiger partial charge in [0.25, 0.3) is 0 Å². The van der Waals surface area contributed by atoms with Gasteiger partial charge in [-0.2, -0.15) is 11.3 Å². The maximum atomic E-state index is 12.5. The average molecular weight is 380 g/mol. The Morgan fingerprint density at radius 1 is 1.32 bits per heavy atom. The molecule has 2 heterocycles. The zero-order chi connectivity index (χ0) is 18.2. The first-order valence-electron chi connectivity index (χ1n) is 7.84. The van der Waals surface area contributed by atoms with Crippen molar-refractivity contribution >= 4 is 27.3 Å². The molecular weight excluding hydrogens is 360 g/mol. The highest BCUT2D eigenvalue weighted by molar-refractivity contribution is 7.89. The van der Waals surface area contributed by atoms with Gasteiger partial charge in [0.2, 0.25) is 10.0 Å². The van der Waals surface area contributed by atoms with Crippen LogP contribution in [0.25, 0.3) is 0 Å². The van der Waals surface area contributed by atoms with Crippen LogP contribution in [0.1, 0.15) is 22.7 Å². The van der Waals surface area contributed by atoms with Crippen LogP contribution in [0.5, 0.6) is 0 Å². The van der Waals surface area contributed by atoms with E-state index in [2.05, 4.69) is 0 Å². The molecule has 0 spiro atoms. The van der Waals surface area contributed by atoms with Gasteiger partial charge in [-0.3, -0.25) is 9.69 Å². The Bertz CT molecular complexity index is 876. The zero-order valence-electron chi connectivity index (χ0n) is 14.0. The highest BCUT2D eigenvalue weighted by Gasteiger charge is 2.33. The Morgan fingerprint density at radius 3 is 2.68 bits per heavy atom. The van der Waals surface area contributed by atoms with E-state index >= 15 is 0 Å². The minimum atomic E-state index is -3.52. The lowest BCUT2D eigenvalue weighted by molar-refractivity contribution is -0.144. The van der Waals surface area contributed by atoms with Gasteiger partial charge in [0.1, 0.15) is 6.04 Å². The van der Waals surface area contributed by atoms with Crippen LogP contribution in [-0.2, 0) is 27.8 Å². The number of carboxylic acid groups (broad SMARTS) is 1. The van der Waals surface area contributed by atoms with Crippen molar-refractivity contribution in [3.8, 4) is 0 Å². The molecule has 1 aliphatic heterocycles. The van der Waals surface area contributed by atoms with Crippen LogP contribution in [0.15, 0.2) is 39.9 Å². The summed E-state index contributed by atoms with van der Waals surface area (Å²) >= 11 is 1.47. The van der Waals surface area contributed by atoms with E-state index in [1.54, 1.807) is 12.1 Å². The summed E-state index contributed by atoms with van der Waals surface area (Å²) in [6.45, 7) is 0.915. The molecule has 0 saturated heterocycles. The number of hydrogen-bond donors (Lipinski definition) is 1. The van der Waals surface area contributed by atoms with Crippen molar-refractivity contribution < 1.29 is 18.3 Å². The summed E-state index contributed by atoms with van der Waals surface area (Å²) in [4.78, 5) is 14.0. The third-order valence-electron chi connectivity index (χ3n) is 4.47. The van der Waals surface area contributed by atoms with Gasteiger partial charge in [-0.1, -0.05) is 12.1 Å². The summed E-state index contributed by atoms with van der Waals surface area (Å²) in [5.41, 5.74) is 2.43. The summed E-state index contributed by atoms with van der Waals surface area (Å²) < 4.78 is 26.3. The quantitative estimate of drug-likeness (QED) is 0.860. The van der Waals surface area contributed by atoms with Crippen molar-refractivity contribution in [2.75, 3.05) is 20.6 Å². The number of benzene rings is 1. The Labute approximate surface area is 151 Å². The summed E-state index contributed by atoms with van der Waals surface area (Å²) in [7, 11) is -0.486. The zero-order valence-corrected chi connectivity index (χ0v) is 15.7. The first-order valence-corrected chi connectivity index (χ1v) is 10.2. The Kier molecular flexibility index (Phi) is 4.97. The molecular formula is C17H20N2O4S2. The van der Waals surface area contributed by atoms with Crippen LogP contribution in [0, 0.1) is 0 Å². The fourth-order valence-corrected chi connectivity index (χ4v) is 5.06. The SMILES string of the molecule is CN(C)S(=O)(=O)c1cccc2c1CCN(C(C(=O)O)c1ccsc1)C2. The van der Waals surface area contributed by atoms with E-state index in [0.717, 1.165) is 16.7 Å². The number of carbonyl (C=O) groups is 1. The molecule has 1 N–H and O–H groups in total. The van der Waals surface area contributed by atoms with Crippen molar-refractivity contribution in [2.24, 2.45) is 0 Å². The van der Waals surface area contributed by atoms with Crippen LogP contribution >= 0.6 is 11.3 Å². The number of sulfonamides is 1. The maximum Gasteiger partial charge on any atom is 0.325 e. The number of carboxylic acids is 1. The standard InChI is InChI=1S/C17H20N2O4S2/c1-18(2)25(22,23)15-5-3-4-12-10-19(8-6-14(12)15)16(17(20)21)13-7-9-24-11-13/h3-5,7,9,11,16H,6,8,10H2,1-2H3,(H,20,21). The molecule has 0 radical (unpaired) electrons. The summed E-state index contributed by atoms with van der Waals surface area (Å²) in [6, 6.07) is 6.33. The van der Waals surface area contributed by atoms with Gasteiger partial charge in [0.05, 0.1) is 4.90 Å². The van der Waals surface area contributed by atoms with Crippen molar-refractivity contribution in [1.82, 2.24) is 9.21 Å². The third kappa shape index (κ3) is 3.35. The molecule has 0 saturated carbocycles. The lowest BCUT2D eigenvalue weighted by Gasteiger charge is -2.34. The van der Waals surface area contributed by atoms with E-state index in [4.69, 9.17) is 0 Å². The monoisotopic (exact) mass is 380 g/mol. The smallest absolute Gasteiger partial charge is 0.325 e. The van der Waals surface area contributed by atoms with Crippen LogP contribution < -0.4 is 0 Å². The first-order chi connectivity index (χ1) is 11.8. The Balaban J connectivity index is 1.96. The minimum Gasteiger partial charge on any atom is -0.480 e. The maximum absolute atomic E-state index is 12.5. The molecule has 0 aliphatic carbocycles. The molecule has 134 valence electrons. The second kappa shape index (κ2) is 6.87. The summed E-state index contributed by atoms with van der Waals surface area (Å²) in [5, 5.41) is 13.4. The molecule has 0 bridgehead atoms. The molecule has 2 aromatic rings. The number of rotatable bonds is 5. The molecule has 0 amide bonds. The van der Waals surface area contributed by atoms with E-state index < -0.39 is 22.0 Å². The number of thiophene rings is 1. The van der Waals surface area contributed by atoms with Crippen LogP contribution in [0.3, 0.4) is 0 Å². The number of hydrogen-bond acceptors (Lipinski definition) is 5. The Morgan fingerprint density at radius 2 is 2.08 bits per heavy atom. The topological polar surface area (TPSA) is 77.9 Å². The largest absolute Gasteiger partial charge is 0.480 e. The van der Waals surface area contributed by atoms with Crippen molar-refractivity contribution in [3.05, 3.63) is 51.7 Å². The van der Waals surface area contributed by atoms with Crippen molar-refractivity contribution in [1.29, 1.82) is 0 Å². The number of aliphatic carboxylic acids is 1. The lowest BCUT2D eigenvalue weighted by Crippen LogP contribution is -2.38. The molecule has 6 nitrogen and oxygen atoms in total. The van der Waals surface area contributed by atoms with Gasteiger partial charge in [0.15, 0.2) is 0 Å². The van der Waals surface area contributed by atoms with Gasteiger partial charge < -0.3 is 5.11 Å². The predicted octanol–water partition coefficient (Wildman–Crippen LogP) is 2.18. The molecule has 0 fully saturated rings. The number of nitrogens with zero attached hydrogens (tertiary/aromatic N) is 2. The molecule has 8 heteroatoms. The van der Waals surface area contributed by atoms with Crippen LogP contribution in [-0.4, -0.2) is 49.3 Å². The van der Waals surface area contributed by atoms with Crippen molar-refractivity contribution in [3.63, 3.8) is 0 Å². The summed E-state index contributed by atoms with van der Waals surface area (Å²) in [6.07, 6.45) is 0.506. The van der Waals surface area contributed by atoms with E-state index in [1.807, 2.05) is 27.8 Å². The van der Waals surface area contributed by atoms with Gasteiger partial charge in [-0.05, 0) is 46.0 Å². The molecule has 1 atom stereocenters. The molecule has 1 unspecified atom stereocenters. The van der Waals surface area contributed by atoms with E-state index in [0.29, 0.717) is 24.4 Å². The molecule has 1 aromatic heterocycles. The van der Waals surface area contributed by atoms with E-state index in [9.17, 15) is 18.3 Å². The van der Waals surface area contributed by atoms with Gasteiger partial charge >= 0.3 is 5.97 Å². The fraction of sp³-hybridized carbons (Fsp3) is 0.353. The predicted molar refractivity (Wildman–Crippen MR) is 96.1 cm³/mol. The van der Waals surface area contributed by atoms with Gasteiger partial charge in [-0.25, -0.2) is 12.7 Å². The minimum absolute atomic E-state index is 0.317. The van der Waals surface area contributed by atoms with Gasteiger partial charge in [-0.15, -0.1) is 0 Å². The second-order valence-corrected chi connectivity index (χ2v) is 9.10. The van der Waals surface area contributed by atoms with Crippen LogP contribution in [0.2, 0.25) is 0 Å². The number of fused-ring (bicyclic) bond motifs is 1. The van der Waals surface area contributed by atoms with Crippen molar-refractivity contribution in [2.45, 2.75) is 23.9 Å². The van der Waals surface area contributed by atoms with Crippen LogP contribution in [0.4, 0.5) is 0 Å². The molecule has 1 aliphatic rings. The normalized spacial score (nSPS) is 16.6. The summed E-state index contributed by atoms with van der Waals surface area (Å²) in [5.74, 6) is -0.890. The van der Waals surface area contributed by atoms with E-state index in [1.165, 1.54) is 29.7 Å². The fourth-order valence-electron chi connectivity index (χ4n) is 3.20. The molecule has 25 heavy (non-hydrogen) atoms. The second-order valence-electron chi connectivity index (χ2n) is 6.20. The van der Waals surface area contributed by atoms with Gasteiger partial charge in [0, 0.05) is 27.2 Å². The first kappa shape index (κ1) is 18.1. The molecule has 3 rings (SSSR count). The Hall–Kier alpha value is -1.74. The highest BCUT2D eigenvalue weighted by atomic mass is 32.2. The molecule has 1 aromatic carbocycles. The highest BCUT2D eigenvalue weighted by Crippen LogP contribution is 2.32. The third-order valence-corrected chi connectivity index (χ3v) is 7.07.